The van der Waals surface area contributed by atoms with E-state index in [1.165, 1.54) is 5.57 Å². The Balaban J connectivity index is 1.21. The largest absolute Gasteiger partial charge is 0.443 e. The maximum absolute atomic E-state index is 12.8. The molecule has 4 heterocycles. The Kier molecular flexibility index (Phi) is 5.58. The summed E-state index contributed by atoms with van der Waals surface area (Å²) in [6.45, 7) is 8.50. The zero-order chi connectivity index (χ0) is 22.5. The van der Waals surface area contributed by atoms with Gasteiger partial charge in [0.2, 0.25) is 0 Å². The van der Waals surface area contributed by atoms with Crippen LogP contribution in [0.25, 0.3) is 0 Å². The first-order chi connectivity index (χ1) is 15.3. The van der Waals surface area contributed by atoms with Crippen molar-refractivity contribution in [2.45, 2.75) is 76.0 Å². The maximum Gasteiger partial charge on any atom is 0.410 e. The summed E-state index contributed by atoms with van der Waals surface area (Å²) in [5.74, 6) is 1.43. The van der Waals surface area contributed by atoms with E-state index in [9.17, 15) is 4.79 Å². The summed E-state index contributed by atoms with van der Waals surface area (Å²) in [6.07, 6.45) is 8.53. The lowest BCUT2D eigenvalue weighted by atomic mass is 9.68. The molecule has 1 aromatic heterocycles. The molecule has 1 amide bonds. The van der Waals surface area contributed by atoms with Crippen LogP contribution in [0.2, 0.25) is 0 Å². The summed E-state index contributed by atoms with van der Waals surface area (Å²) >= 11 is 0. The molecule has 32 heavy (non-hydrogen) atoms. The second-order valence-corrected chi connectivity index (χ2v) is 10.3. The molecule has 0 bridgehead atoms. The Labute approximate surface area is 189 Å². The van der Waals surface area contributed by atoms with Crippen molar-refractivity contribution in [3.05, 3.63) is 29.9 Å². The fourth-order valence-electron chi connectivity index (χ4n) is 5.81. The lowest BCUT2D eigenvalue weighted by molar-refractivity contribution is -0.124. The van der Waals surface area contributed by atoms with Gasteiger partial charge in [-0.05, 0) is 40.0 Å². The molecule has 0 aromatic carbocycles. The average molecular weight is 446 g/mol. The molecule has 3 saturated heterocycles. The van der Waals surface area contributed by atoms with Gasteiger partial charge in [-0.15, -0.1) is 0 Å². The van der Waals surface area contributed by atoms with Gasteiger partial charge in [0.05, 0.1) is 18.6 Å². The molecule has 1 aromatic rings. The second kappa shape index (κ2) is 8.15. The Morgan fingerprint density at radius 2 is 2.19 bits per heavy atom. The highest BCUT2D eigenvalue weighted by atomic mass is 16.6. The van der Waals surface area contributed by atoms with E-state index in [0.29, 0.717) is 19.0 Å². The number of hydrogen-bond acceptors (Lipinski definition) is 6. The van der Waals surface area contributed by atoms with E-state index in [2.05, 4.69) is 36.8 Å². The Morgan fingerprint density at radius 1 is 1.41 bits per heavy atom. The molecule has 4 fully saturated rings. The van der Waals surface area contributed by atoms with Crippen molar-refractivity contribution in [1.82, 2.24) is 14.9 Å². The molecule has 0 radical (unpaired) electrons. The molecule has 3 aliphatic heterocycles. The number of aromatic nitrogens is 2. The minimum Gasteiger partial charge on any atom is -0.443 e. The fourth-order valence-corrected chi connectivity index (χ4v) is 5.81. The number of hydrogen-bond donors (Lipinski definition) is 1. The van der Waals surface area contributed by atoms with Crippen molar-refractivity contribution < 1.29 is 23.7 Å². The molecule has 1 N–H and O–H groups in total. The molecule has 1 unspecified atom stereocenters. The third-order valence-electron chi connectivity index (χ3n) is 7.74. The predicted octanol–water partition coefficient (Wildman–Crippen LogP) is 3.10. The van der Waals surface area contributed by atoms with E-state index in [1.807, 2.05) is 6.20 Å². The summed E-state index contributed by atoms with van der Waals surface area (Å²) in [4.78, 5) is 22.0. The van der Waals surface area contributed by atoms with Crippen LogP contribution in [-0.2, 0) is 25.4 Å². The number of H-pyrrole nitrogens is 1. The molecule has 1 spiro atoms. The molecule has 176 valence electrons. The molecule has 1 aliphatic carbocycles. The standard InChI is InChI=1S/C24H35N3O5/c1-15(2)5-6-18-23(3,32-18)21-20(29-4)17(7-8-24(21)14-30-24)31-22(28)27-12-16(13-27)11-19-25-9-10-26-19/h5,9-10,16-18,20-21H,6-8,11-14H2,1-4H3,(H,25,26)/t17-,18-,20-,21?,23+,24+/m1/s1. The number of carbonyl (C=O) groups is 1. The summed E-state index contributed by atoms with van der Waals surface area (Å²) in [5, 5.41) is 0. The van der Waals surface area contributed by atoms with Crippen LogP contribution in [0.1, 0.15) is 45.9 Å². The predicted molar refractivity (Wildman–Crippen MR) is 117 cm³/mol. The van der Waals surface area contributed by atoms with E-state index in [0.717, 1.165) is 38.1 Å². The highest BCUT2D eigenvalue weighted by Crippen LogP contribution is 2.59. The van der Waals surface area contributed by atoms with Gasteiger partial charge < -0.3 is 28.8 Å². The van der Waals surface area contributed by atoms with Gasteiger partial charge in [-0.2, -0.15) is 0 Å². The molecule has 4 aliphatic rings. The quantitative estimate of drug-likeness (QED) is 0.512. The first kappa shape index (κ1) is 21.9. The Morgan fingerprint density at radius 3 is 2.81 bits per heavy atom. The molecule has 6 atom stereocenters. The number of epoxide rings is 2. The Hall–Kier alpha value is -1.90. The molecular formula is C24H35N3O5. The number of nitrogens with one attached hydrogen (secondary N) is 1. The van der Waals surface area contributed by atoms with Crippen LogP contribution in [-0.4, -0.2) is 77.3 Å². The minimum absolute atomic E-state index is 0.0465. The number of allylic oxidation sites excluding steroid dienone is 1. The molecule has 8 nitrogen and oxygen atoms in total. The monoisotopic (exact) mass is 445 g/mol. The summed E-state index contributed by atoms with van der Waals surface area (Å²) in [5.41, 5.74) is 0.765. The first-order valence-electron chi connectivity index (χ1n) is 11.8. The molecule has 8 heteroatoms. The Bertz CT molecular complexity index is 857. The third kappa shape index (κ3) is 3.97. The number of aromatic amines is 1. The van der Waals surface area contributed by atoms with E-state index in [-0.39, 0.29) is 41.5 Å². The van der Waals surface area contributed by atoms with Crippen LogP contribution in [0.3, 0.4) is 0 Å². The van der Waals surface area contributed by atoms with E-state index in [4.69, 9.17) is 18.9 Å². The fraction of sp³-hybridized carbons (Fsp3) is 0.750. The SMILES string of the molecule is CO[C@H]1C([C@@]2(C)O[C@@H]2CC=C(C)C)[C@]2(CC[C@H]1OC(=O)N1CC(Cc3ncc[nH]3)C1)CO2. The second-order valence-electron chi connectivity index (χ2n) is 10.3. The van der Waals surface area contributed by atoms with Gasteiger partial charge >= 0.3 is 6.09 Å². The van der Waals surface area contributed by atoms with Gasteiger partial charge in [0.25, 0.3) is 0 Å². The number of imidazole rings is 1. The minimum atomic E-state index is -0.320. The van der Waals surface area contributed by atoms with Crippen LogP contribution in [0.5, 0.6) is 0 Å². The third-order valence-corrected chi connectivity index (χ3v) is 7.74. The van der Waals surface area contributed by atoms with Gasteiger partial charge in [0.1, 0.15) is 29.2 Å². The number of amides is 1. The van der Waals surface area contributed by atoms with Crippen molar-refractivity contribution >= 4 is 6.09 Å². The highest BCUT2D eigenvalue weighted by Gasteiger charge is 2.72. The van der Waals surface area contributed by atoms with Crippen molar-refractivity contribution in [3.8, 4) is 0 Å². The number of likely N-dealkylation sites (tertiary alicyclic amines) is 1. The molecule has 1 saturated carbocycles. The lowest BCUT2D eigenvalue weighted by Gasteiger charge is -2.44. The van der Waals surface area contributed by atoms with E-state index in [1.54, 1.807) is 18.2 Å². The normalized spacial score (nSPS) is 38.3. The van der Waals surface area contributed by atoms with Crippen molar-refractivity contribution in [3.63, 3.8) is 0 Å². The lowest BCUT2D eigenvalue weighted by Crippen LogP contribution is -2.57. The van der Waals surface area contributed by atoms with Crippen molar-refractivity contribution in [2.24, 2.45) is 11.8 Å². The van der Waals surface area contributed by atoms with Gasteiger partial charge in [-0.3, -0.25) is 0 Å². The van der Waals surface area contributed by atoms with Gasteiger partial charge in [0.15, 0.2) is 0 Å². The number of nitrogens with zero attached hydrogens (tertiary/aromatic N) is 2. The molecule has 5 rings (SSSR count). The summed E-state index contributed by atoms with van der Waals surface area (Å²) < 4.78 is 24.2. The number of ether oxygens (including phenoxy) is 4. The first-order valence-corrected chi connectivity index (χ1v) is 11.8. The van der Waals surface area contributed by atoms with Gasteiger partial charge in [-0.25, -0.2) is 9.78 Å². The van der Waals surface area contributed by atoms with Crippen LogP contribution in [0.15, 0.2) is 24.0 Å². The maximum atomic E-state index is 12.8. The summed E-state index contributed by atoms with van der Waals surface area (Å²) in [6, 6.07) is 0. The average Bonchev–Trinajstić information content (AvgIpc) is 3.57. The smallest absolute Gasteiger partial charge is 0.410 e. The van der Waals surface area contributed by atoms with E-state index < -0.39 is 0 Å². The van der Waals surface area contributed by atoms with Crippen molar-refractivity contribution in [2.75, 3.05) is 26.8 Å². The van der Waals surface area contributed by atoms with Crippen LogP contribution >= 0.6 is 0 Å². The van der Waals surface area contributed by atoms with Crippen LogP contribution in [0.4, 0.5) is 4.79 Å². The topological polar surface area (TPSA) is 92.5 Å². The van der Waals surface area contributed by atoms with E-state index >= 15 is 0 Å². The number of methoxy groups -OCH3 is 1. The van der Waals surface area contributed by atoms with Crippen LogP contribution < -0.4 is 0 Å². The van der Waals surface area contributed by atoms with Gasteiger partial charge in [0, 0.05) is 44.9 Å². The highest BCUT2D eigenvalue weighted by molar-refractivity contribution is 5.69. The molecular weight excluding hydrogens is 410 g/mol. The van der Waals surface area contributed by atoms with Crippen molar-refractivity contribution in [1.29, 1.82) is 0 Å². The van der Waals surface area contributed by atoms with Gasteiger partial charge in [-0.1, -0.05) is 11.6 Å². The zero-order valence-corrected chi connectivity index (χ0v) is 19.5. The van der Waals surface area contributed by atoms with Crippen LogP contribution in [0, 0.1) is 11.8 Å². The number of carbonyl (C=O) groups excluding carboxylic acids is 1. The zero-order valence-electron chi connectivity index (χ0n) is 19.5. The number of rotatable bonds is 7. The summed E-state index contributed by atoms with van der Waals surface area (Å²) in [7, 11) is 1.71.